The first kappa shape index (κ1) is 20.3. The van der Waals surface area contributed by atoms with Gasteiger partial charge in [0.2, 0.25) is 3.79 Å². The van der Waals surface area contributed by atoms with Crippen molar-refractivity contribution in [3.05, 3.63) is 52.4 Å². The maximum atomic E-state index is 12.2. The van der Waals surface area contributed by atoms with Gasteiger partial charge in [-0.2, -0.15) is 0 Å². The van der Waals surface area contributed by atoms with Gasteiger partial charge in [0.05, 0.1) is 0 Å². The van der Waals surface area contributed by atoms with Gasteiger partial charge in [0.25, 0.3) is 5.91 Å². The van der Waals surface area contributed by atoms with E-state index >= 15 is 0 Å². The summed E-state index contributed by atoms with van der Waals surface area (Å²) in [5.74, 6) is -0.502. The Kier molecular flexibility index (Phi) is 6.99. The monoisotopic (exact) mass is 483 g/mol. The minimum Gasteiger partial charge on any atom is -0.444 e. The largest absolute Gasteiger partial charge is 0.444 e. The van der Waals surface area contributed by atoms with Gasteiger partial charge in [-0.3, -0.25) is 4.79 Å². The van der Waals surface area contributed by atoms with Gasteiger partial charge >= 0.3 is 0 Å². The zero-order valence-corrected chi connectivity index (χ0v) is 17.4. The van der Waals surface area contributed by atoms with E-state index in [1.54, 1.807) is 6.07 Å². The van der Waals surface area contributed by atoms with Crippen LogP contribution in [0.1, 0.15) is 16.1 Å². The maximum Gasteiger partial charge on any atom is 0.288 e. The highest BCUT2D eigenvalue weighted by atomic mass is 79.9. The topological polar surface area (TPSA) is 66.3 Å². The van der Waals surface area contributed by atoms with Crippen LogP contribution >= 0.6 is 63.0 Å². The van der Waals surface area contributed by atoms with E-state index in [0.29, 0.717) is 4.67 Å². The second-order valence-corrected chi connectivity index (χ2v) is 8.58. The Hall–Kier alpha value is -0.990. The quantitative estimate of drug-likeness (QED) is 0.331. The molecule has 2 rings (SSSR count). The first-order valence-electron chi connectivity index (χ1n) is 6.92. The summed E-state index contributed by atoms with van der Waals surface area (Å²) in [6.45, 7) is 1.95. The minimum absolute atomic E-state index is 0.0606. The van der Waals surface area contributed by atoms with Crippen molar-refractivity contribution in [1.82, 2.24) is 10.6 Å². The first-order chi connectivity index (χ1) is 11.6. The lowest BCUT2D eigenvalue weighted by Gasteiger charge is -2.27. The molecule has 0 aliphatic carbocycles. The molecule has 0 spiro atoms. The summed E-state index contributed by atoms with van der Waals surface area (Å²) in [5, 5.41) is 8.45. The van der Waals surface area contributed by atoms with Gasteiger partial charge in [-0.15, -0.1) is 0 Å². The summed E-state index contributed by atoms with van der Waals surface area (Å²) >= 11 is 26.1. The molecule has 0 saturated heterocycles. The third-order valence-electron chi connectivity index (χ3n) is 2.95. The number of amides is 1. The third kappa shape index (κ3) is 6.34. The number of benzene rings is 1. The number of carbonyl (C=O) groups is 1. The molecule has 3 N–H and O–H groups in total. The Balaban J connectivity index is 2.04. The van der Waals surface area contributed by atoms with Crippen LogP contribution in [0.25, 0.3) is 0 Å². The second-order valence-electron chi connectivity index (χ2n) is 5.02. The normalized spacial score (nSPS) is 12.4. The van der Waals surface area contributed by atoms with Gasteiger partial charge < -0.3 is 20.4 Å². The lowest BCUT2D eigenvalue weighted by molar-refractivity contribution is 0.0905. The average molecular weight is 486 g/mol. The lowest BCUT2D eigenvalue weighted by atomic mass is 10.2. The number of rotatable bonds is 4. The van der Waals surface area contributed by atoms with E-state index in [1.165, 1.54) is 6.07 Å². The van der Waals surface area contributed by atoms with Gasteiger partial charge in [-0.05, 0) is 64.9 Å². The number of hydrogen-bond donors (Lipinski definition) is 3. The molecule has 0 aliphatic heterocycles. The van der Waals surface area contributed by atoms with Crippen molar-refractivity contribution >= 4 is 79.7 Å². The van der Waals surface area contributed by atoms with E-state index in [-0.39, 0.29) is 10.9 Å². The predicted molar refractivity (Wildman–Crippen MR) is 108 cm³/mol. The molecule has 0 bridgehead atoms. The molecule has 0 saturated carbocycles. The summed E-state index contributed by atoms with van der Waals surface area (Å²) in [4.78, 5) is 12.2. The molecule has 1 aromatic carbocycles. The van der Waals surface area contributed by atoms with E-state index in [1.807, 2.05) is 31.2 Å². The molecule has 5 nitrogen and oxygen atoms in total. The number of hydrogen-bond acceptors (Lipinski definition) is 3. The number of halogens is 4. The van der Waals surface area contributed by atoms with E-state index in [4.69, 9.17) is 51.4 Å². The van der Waals surface area contributed by atoms with E-state index in [0.717, 1.165) is 11.3 Å². The number of alkyl halides is 3. The van der Waals surface area contributed by atoms with Crippen LogP contribution in [0.5, 0.6) is 0 Å². The SMILES string of the molecule is Cc1cccc(NC(=S)N[C@@H](NC(=O)c2ccc(Br)o2)C(Cl)(Cl)Cl)c1. The Labute approximate surface area is 173 Å². The zero-order valence-electron chi connectivity index (χ0n) is 12.8. The number of thiocarbonyl (C=S) groups is 1. The number of furan rings is 1. The van der Waals surface area contributed by atoms with Crippen molar-refractivity contribution in [2.45, 2.75) is 16.9 Å². The molecule has 1 aromatic heterocycles. The van der Waals surface area contributed by atoms with Crippen molar-refractivity contribution < 1.29 is 9.21 Å². The molecule has 2 aromatic rings. The van der Waals surface area contributed by atoms with Crippen LogP contribution in [0.3, 0.4) is 0 Å². The van der Waals surface area contributed by atoms with Gasteiger partial charge in [-0.25, -0.2) is 0 Å². The predicted octanol–water partition coefficient (Wildman–Crippen LogP) is 4.76. The van der Waals surface area contributed by atoms with E-state index in [9.17, 15) is 4.79 Å². The molecule has 134 valence electrons. The van der Waals surface area contributed by atoms with Crippen LogP contribution in [-0.2, 0) is 0 Å². The number of aryl methyl sites for hydroxylation is 1. The fraction of sp³-hybridized carbons (Fsp3) is 0.200. The van der Waals surface area contributed by atoms with Crippen molar-refractivity contribution in [3.63, 3.8) is 0 Å². The van der Waals surface area contributed by atoms with Gasteiger partial charge in [-0.1, -0.05) is 46.9 Å². The molecule has 10 heteroatoms. The molecule has 1 heterocycles. The fourth-order valence-corrected chi connectivity index (χ4v) is 2.73. The van der Waals surface area contributed by atoms with Crippen molar-refractivity contribution in [2.24, 2.45) is 0 Å². The van der Waals surface area contributed by atoms with Crippen LogP contribution in [0.15, 0.2) is 45.5 Å². The fourth-order valence-electron chi connectivity index (χ4n) is 1.86. The molecule has 0 fully saturated rings. The van der Waals surface area contributed by atoms with Gasteiger partial charge in [0.15, 0.2) is 15.5 Å². The molecular formula is C15H13BrCl3N3O2S. The molecule has 0 aliphatic rings. The summed E-state index contributed by atoms with van der Waals surface area (Å²) < 4.78 is 3.73. The van der Waals surface area contributed by atoms with Crippen LogP contribution in [0.2, 0.25) is 0 Å². The summed E-state index contributed by atoms with van der Waals surface area (Å²) in [6, 6.07) is 10.6. The highest BCUT2D eigenvalue weighted by molar-refractivity contribution is 9.10. The van der Waals surface area contributed by atoms with Crippen molar-refractivity contribution in [3.8, 4) is 0 Å². The molecular weight excluding hydrogens is 473 g/mol. The maximum absolute atomic E-state index is 12.2. The lowest BCUT2D eigenvalue weighted by Crippen LogP contribution is -2.56. The molecule has 1 amide bonds. The van der Waals surface area contributed by atoms with Crippen LogP contribution < -0.4 is 16.0 Å². The Morgan fingerprint density at radius 3 is 2.52 bits per heavy atom. The molecule has 1 atom stereocenters. The zero-order chi connectivity index (χ0) is 18.6. The Morgan fingerprint density at radius 1 is 1.24 bits per heavy atom. The summed E-state index contributed by atoms with van der Waals surface area (Å²) in [5.41, 5.74) is 1.82. The van der Waals surface area contributed by atoms with Gasteiger partial charge in [0, 0.05) is 5.69 Å². The second kappa shape index (κ2) is 8.60. The van der Waals surface area contributed by atoms with Crippen LogP contribution in [0.4, 0.5) is 5.69 Å². The Bertz CT molecular complexity index is 779. The van der Waals surface area contributed by atoms with Crippen molar-refractivity contribution in [1.29, 1.82) is 0 Å². The third-order valence-corrected chi connectivity index (χ3v) is 4.25. The minimum atomic E-state index is -1.85. The molecule has 25 heavy (non-hydrogen) atoms. The number of nitrogens with one attached hydrogen (secondary N) is 3. The van der Waals surface area contributed by atoms with E-state index < -0.39 is 15.9 Å². The average Bonchev–Trinajstić information content (AvgIpc) is 2.92. The van der Waals surface area contributed by atoms with Crippen LogP contribution in [-0.4, -0.2) is 21.0 Å². The van der Waals surface area contributed by atoms with Crippen molar-refractivity contribution in [2.75, 3.05) is 5.32 Å². The summed E-state index contributed by atoms with van der Waals surface area (Å²) in [6.07, 6.45) is -1.08. The summed E-state index contributed by atoms with van der Waals surface area (Å²) in [7, 11) is 0. The molecule has 0 unspecified atom stereocenters. The van der Waals surface area contributed by atoms with E-state index in [2.05, 4.69) is 31.9 Å². The number of anilines is 1. The first-order valence-corrected chi connectivity index (χ1v) is 9.26. The van der Waals surface area contributed by atoms with Crippen LogP contribution in [0, 0.1) is 6.92 Å². The Morgan fingerprint density at radius 2 is 1.96 bits per heavy atom. The number of carbonyl (C=O) groups excluding carboxylic acids is 1. The standard InChI is InChI=1S/C15H13BrCl3N3O2S/c1-8-3-2-4-9(7-8)20-14(25)22-13(15(17,18)19)21-12(23)10-5-6-11(16)24-10/h2-7,13H,1H3,(H,21,23)(H2,20,22,25)/t13-/m1/s1. The van der Waals surface area contributed by atoms with Gasteiger partial charge in [0.1, 0.15) is 6.17 Å². The highest BCUT2D eigenvalue weighted by Gasteiger charge is 2.35. The smallest absolute Gasteiger partial charge is 0.288 e. The molecule has 0 radical (unpaired) electrons. The highest BCUT2D eigenvalue weighted by Crippen LogP contribution is 2.29.